The molecule has 2 aromatic rings. The third kappa shape index (κ3) is 4.08. The second-order valence-corrected chi connectivity index (χ2v) is 5.79. The highest BCUT2D eigenvalue weighted by atomic mass is 16.5. The Morgan fingerprint density at radius 1 is 1.32 bits per heavy atom. The molecule has 0 aliphatic rings. The molecule has 2 aromatic heterocycles. The van der Waals surface area contributed by atoms with Gasteiger partial charge in [-0.3, -0.25) is 4.79 Å². The summed E-state index contributed by atoms with van der Waals surface area (Å²) in [7, 11) is 1.66. The van der Waals surface area contributed by atoms with Crippen molar-refractivity contribution in [1.29, 1.82) is 0 Å². The van der Waals surface area contributed by atoms with E-state index in [1.807, 2.05) is 13.8 Å². The molecular weight excluding hydrogens is 326 g/mol. The van der Waals surface area contributed by atoms with Gasteiger partial charge in [0, 0.05) is 37.2 Å². The molecule has 0 aromatic carbocycles. The number of carbonyl (C=O) groups excluding carboxylic acids is 2. The van der Waals surface area contributed by atoms with E-state index in [9.17, 15) is 9.59 Å². The molecule has 2 N–H and O–H groups in total. The van der Waals surface area contributed by atoms with E-state index in [0.29, 0.717) is 17.9 Å². The number of ether oxygens (including phenoxy) is 2. The Bertz CT molecular complexity index is 756. The molecule has 0 atom stereocenters. The maximum absolute atomic E-state index is 12.4. The first kappa shape index (κ1) is 18.7. The van der Waals surface area contributed by atoms with Gasteiger partial charge in [0.25, 0.3) is 0 Å². The number of nitrogens with zero attached hydrogens (tertiary/aromatic N) is 2. The second-order valence-electron chi connectivity index (χ2n) is 5.79. The Hall–Kier alpha value is -2.61. The highest BCUT2D eigenvalue weighted by molar-refractivity contribution is 6.01. The lowest BCUT2D eigenvalue weighted by Crippen LogP contribution is -2.16. The van der Waals surface area contributed by atoms with Crippen molar-refractivity contribution in [1.82, 2.24) is 9.72 Å². The highest BCUT2D eigenvalue weighted by Crippen LogP contribution is 2.19. The van der Waals surface area contributed by atoms with Crippen molar-refractivity contribution in [3.63, 3.8) is 0 Å². The van der Waals surface area contributed by atoms with Gasteiger partial charge < -0.3 is 24.3 Å². The van der Waals surface area contributed by atoms with Crippen molar-refractivity contribution >= 4 is 17.6 Å². The molecule has 0 saturated heterocycles. The smallest absolute Gasteiger partial charge is 0.346 e. The van der Waals surface area contributed by atoms with Crippen molar-refractivity contribution < 1.29 is 23.6 Å². The van der Waals surface area contributed by atoms with E-state index in [0.717, 1.165) is 24.4 Å². The largest absolute Gasteiger partial charge is 0.453 e. The van der Waals surface area contributed by atoms with Crippen LogP contribution in [-0.2, 0) is 16.0 Å². The van der Waals surface area contributed by atoms with E-state index in [4.69, 9.17) is 19.7 Å². The van der Waals surface area contributed by atoms with Crippen LogP contribution in [-0.4, -0.2) is 41.8 Å². The van der Waals surface area contributed by atoms with Gasteiger partial charge in [-0.15, -0.1) is 0 Å². The third-order valence-electron chi connectivity index (χ3n) is 4.03. The number of esters is 1. The summed E-state index contributed by atoms with van der Waals surface area (Å²) in [5.74, 6) is -1.11. The zero-order valence-electron chi connectivity index (χ0n) is 14.9. The van der Waals surface area contributed by atoms with Crippen molar-refractivity contribution in [3.05, 3.63) is 34.3 Å². The summed E-state index contributed by atoms with van der Waals surface area (Å²) in [5, 5.41) is 3.59. The Morgan fingerprint density at radius 3 is 2.64 bits per heavy atom. The zero-order chi connectivity index (χ0) is 18.6. The van der Waals surface area contributed by atoms with Crippen molar-refractivity contribution in [3.8, 4) is 0 Å². The van der Waals surface area contributed by atoms with Gasteiger partial charge in [-0.25, -0.2) is 4.79 Å². The van der Waals surface area contributed by atoms with Crippen LogP contribution in [0.25, 0.3) is 0 Å². The number of methoxy groups -OCH3 is 1. The van der Waals surface area contributed by atoms with E-state index < -0.39 is 5.97 Å². The predicted octanol–water partition coefficient (Wildman–Crippen LogP) is 2.06. The Labute approximate surface area is 145 Å². The van der Waals surface area contributed by atoms with Crippen molar-refractivity contribution in [2.45, 2.75) is 33.7 Å². The molecule has 0 radical (unpaired) electrons. The number of hydrogen-bond donors (Lipinski definition) is 1. The first-order chi connectivity index (χ1) is 11.9. The van der Waals surface area contributed by atoms with Gasteiger partial charge in [0.05, 0.1) is 5.69 Å². The number of carbonyl (C=O) groups is 2. The summed E-state index contributed by atoms with van der Waals surface area (Å²) in [5.41, 5.74) is 8.27. The maximum atomic E-state index is 12.4. The molecule has 0 bridgehead atoms. The molecule has 8 heteroatoms. The Kier molecular flexibility index (Phi) is 5.97. The third-order valence-corrected chi connectivity index (χ3v) is 4.03. The highest BCUT2D eigenvalue weighted by Gasteiger charge is 2.22. The van der Waals surface area contributed by atoms with Crippen LogP contribution in [0.15, 0.2) is 10.6 Å². The summed E-state index contributed by atoms with van der Waals surface area (Å²) >= 11 is 0. The van der Waals surface area contributed by atoms with Crippen LogP contribution >= 0.6 is 0 Å². The molecule has 0 unspecified atom stereocenters. The van der Waals surface area contributed by atoms with Crippen LogP contribution in [0.3, 0.4) is 0 Å². The average molecular weight is 349 g/mol. The number of nitrogens with two attached hydrogens (primary N) is 1. The van der Waals surface area contributed by atoms with Gasteiger partial charge in [0.2, 0.25) is 11.7 Å². The quantitative estimate of drug-likeness (QED) is 0.441. The van der Waals surface area contributed by atoms with E-state index in [-0.39, 0.29) is 23.8 Å². The molecule has 2 rings (SSSR count). The molecule has 136 valence electrons. The fourth-order valence-corrected chi connectivity index (χ4v) is 2.71. The summed E-state index contributed by atoms with van der Waals surface area (Å²) in [6.07, 6.45) is 0.849. The van der Waals surface area contributed by atoms with Gasteiger partial charge in [0.15, 0.2) is 6.61 Å². The minimum Gasteiger partial charge on any atom is -0.453 e. The van der Waals surface area contributed by atoms with Crippen LogP contribution in [0.5, 0.6) is 0 Å². The minimum absolute atomic E-state index is 0.0536. The van der Waals surface area contributed by atoms with Crippen LogP contribution in [0, 0.1) is 20.8 Å². The molecular formula is C17H23N3O5. The number of rotatable bonds is 8. The number of anilines is 1. The molecule has 0 amide bonds. The standard InChI is InChI=1S/C17H23N3O5/c1-10-8-13(12(3)20(10)6-5-7-23-4)14(21)9-24-17(22)15-11(2)19-25-16(15)18/h8H,5-7,9,18H2,1-4H3. The predicted molar refractivity (Wildman–Crippen MR) is 90.7 cm³/mol. The Balaban J connectivity index is 2.04. The fraction of sp³-hybridized carbons (Fsp3) is 0.471. The first-order valence-electron chi connectivity index (χ1n) is 7.94. The van der Waals surface area contributed by atoms with Gasteiger partial charge in [-0.05, 0) is 33.3 Å². The molecule has 0 fully saturated rings. The second kappa shape index (κ2) is 7.98. The SMILES string of the molecule is COCCCn1c(C)cc(C(=O)COC(=O)c2c(C)noc2N)c1C. The van der Waals surface area contributed by atoms with E-state index in [2.05, 4.69) is 9.72 Å². The van der Waals surface area contributed by atoms with Gasteiger partial charge >= 0.3 is 5.97 Å². The number of hydrogen-bond acceptors (Lipinski definition) is 7. The maximum Gasteiger partial charge on any atom is 0.346 e. The molecule has 0 spiro atoms. The van der Waals surface area contributed by atoms with E-state index >= 15 is 0 Å². The van der Waals surface area contributed by atoms with Crippen LogP contribution < -0.4 is 5.73 Å². The molecule has 25 heavy (non-hydrogen) atoms. The zero-order valence-corrected chi connectivity index (χ0v) is 14.9. The molecule has 8 nitrogen and oxygen atoms in total. The Morgan fingerprint density at radius 2 is 2.04 bits per heavy atom. The summed E-state index contributed by atoms with van der Waals surface area (Å²) in [4.78, 5) is 24.5. The lowest BCUT2D eigenvalue weighted by molar-refractivity contribution is 0.0474. The monoisotopic (exact) mass is 349 g/mol. The number of Topliss-reactive ketones (excluding diaryl/α,β-unsaturated/α-hetero) is 1. The lowest BCUT2D eigenvalue weighted by Gasteiger charge is -2.09. The number of aryl methyl sites for hydroxylation is 2. The van der Waals surface area contributed by atoms with Crippen LogP contribution in [0.1, 0.15) is 44.2 Å². The van der Waals surface area contributed by atoms with Crippen molar-refractivity contribution in [2.24, 2.45) is 0 Å². The first-order valence-corrected chi connectivity index (χ1v) is 7.94. The summed E-state index contributed by atoms with van der Waals surface area (Å²) < 4.78 is 16.9. The molecule has 0 aliphatic heterocycles. The van der Waals surface area contributed by atoms with Crippen LogP contribution in [0.2, 0.25) is 0 Å². The van der Waals surface area contributed by atoms with Gasteiger partial charge in [-0.2, -0.15) is 0 Å². The van der Waals surface area contributed by atoms with E-state index in [1.54, 1.807) is 20.1 Å². The number of ketones is 1. The topological polar surface area (TPSA) is 110 Å². The van der Waals surface area contributed by atoms with Crippen molar-refractivity contribution in [2.75, 3.05) is 26.1 Å². The lowest BCUT2D eigenvalue weighted by atomic mass is 10.1. The fourth-order valence-electron chi connectivity index (χ4n) is 2.71. The average Bonchev–Trinajstić information content (AvgIpc) is 3.05. The minimum atomic E-state index is -0.724. The number of aromatic nitrogens is 2. The summed E-state index contributed by atoms with van der Waals surface area (Å²) in [6, 6.07) is 1.80. The van der Waals surface area contributed by atoms with Gasteiger partial charge in [-0.1, -0.05) is 5.16 Å². The molecule has 0 saturated carbocycles. The molecule has 2 heterocycles. The summed E-state index contributed by atoms with van der Waals surface area (Å²) in [6.45, 7) is 6.42. The van der Waals surface area contributed by atoms with E-state index in [1.165, 1.54) is 0 Å². The normalized spacial score (nSPS) is 10.9. The molecule has 0 aliphatic carbocycles. The number of nitrogen functional groups attached to an aromatic ring is 1. The van der Waals surface area contributed by atoms with Crippen LogP contribution in [0.4, 0.5) is 5.88 Å². The van der Waals surface area contributed by atoms with Gasteiger partial charge in [0.1, 0.15) is 5.56 Å².